The first-order valence-corrected chi connectivity index (χ1v) is 10.8. The summed E-state index contributed by atoms with van der Waals surface area (Å²) in [6.45, 7) is 2.48. The summed E-state index contributed by atoms with van der Waals surface area (Å²) in [6, 6.07) is 4.06. The van der Waals surface area contributed by atoms with Crippen molar-refractivity contribution in [3.05, 3.63) is 23.9 Å². The maximum Gasteiger partial charge on any atom is 0.213 e. The zero-order valence-electron chi connectivity index (χ0n) is 17.5. The molecular formula is C22H36N4O2. The molecule has 0 amide bonds. The van der Waals surface area contributed by atoms with Crippen LogP contribution >= 0.6 is 0 Å². The van der Waals surface area contributed by atoms with Gasteiger partial charge in [-0.15, -0.1) is 0 Å². The zero-order chi connectivity index (χ0) is 19.7. The molecule has 0 radical (unpaired) electrons. The minimum absolute atomic E-state index is 0.333. The van der Waals surface area contributed by atoms with Crippen molar-refractivity contribution in [1.82, 2.24) is 15.6 Å². The molecule has 156 valence electrons. The second-order valence-electron chi connectivity index (χ2n) is 8.26. The zero-order valence-corrected chi connectivity index (χ0v) is 17.5. The predicted molar refractivity (Wildman–Crippen MR) is 113 cm³/mol. The Balaban J connectivity index is 1.48. The smallest absolute Gasteiger partial charge is 0.213 e. The van der Waals surface area contributed by atoms with Crippen LogP contribution in [0.2, 0.25) is 0 Å². The Bertz CT molecular complexity index is 623. The van der Waals surface area contributed by atoms with Gasteiger partial charge < -0.3 is 20.1 Å². The first-order valence-electron chi connectivity index (χ1n) is 10.8. The molecule has 28 heavy (non-hydrogen) atoms. The third-order valence-electron chi connectivity index (χ3n) is 6.20. The molecule has 6 heteroatoms. The molecule has 1 heterocycles. The van der Waals surface area contributed by atoms with Gasteiger partial charge in [-0.25, -0.2) is 4.98 Å². The van der Waals surface area contributed by atoms with Crippen molar-refractivity contribution < 1.29 is 9.47 Å². The van der Waals surface area contributed by atoms with Crippen molar-refractivity contribution in [3.63, 3.8) is 0 Å². The summed E-state index contributed by atoms with van der Waals surface area (Å²) in [4.78, 5) is 8.77. The normalized spacial score (nSPS) is 19.7. The van der Waals surface area contributed by atoms with Gasteiger partial charge in [-0.3, -0.25) is 4.99 Å². The predicted octanol–water partition coefficient (Wildman–Crippen LogP) is 3.66. The average Bonchev–Trinajstić information content (AvgIpc) is 3.40. The molecule has 0 aromatic carbocycles. The molecule has 3 rings (SSSR count). The van der Waals surface area contributed by atoms with Gasteiger partial charge in [-0.05, 0) is 62.0 Å². The van der Waals surface area contributed by atoms with Crippen molar-refractivity contribution in [1.29, 1.82) is 0 Å². The molecule has 0 atom stereocenters. The Labute approximate surface area is 169 Å². The second-order valence-corrected chi connectivity index (χ2v) is 8.26. The number of aliphatic imine (C=N–C) groups is 1. The van der Waals surface area contributed by atoms with Crippen LogP contribution in [0.4, 0.5) is 0 Å². The SMILES string of the molecule is CN=C(NCc1ccnc(OC2CCCC2)c1)NCC1(CCOC)CCCC1. The highest BCUT2D eigenvalue weighted by Gasteiger charge is 2.33. The molecule has 6 nitrogen and oxygen atoms in total. The van der Waals surface area contributed by atoms with E-state index in [9.17, 15) is 0 Å². The topological polar surface area (TPSA) is 67.8 Å². The molecule has 0 saturated heterocycles. The molecule has 0 bridgehead atoms. The minimum Gasteiger partial charge on any atom is -0.474 e. The van der Waals surface area contributed by atoms with Gasteiger partial charge in [-0.2, -0.15) is 0 Å². The van der Waals surface area contributed by atoms with Crippen molar-refractivity contribution in [2.75, 3.05) is 27.3 Å². The molecule has 2 saturated carbocycles. The summed E-state index contributed by atoms with van der Waals surface area (Å²) in [5.41, 5.74) is 1.49. The molecule has 0 aliphatic heterocycles. The summed E-state index contributed by atoms with van der Waals surface area (Å²) in [6.07, 6.45) is 13.3. The van der Waals surface area contributed by atoms with Gasteiger partial charge >= 0.3 is 0 Å². The van der Waals surface area contributed by atoms with E-state index < -0.39 is 0 Å². The number of pyridine rings is 1. The number of methoxy groups -OCH3 is 1. The van der Waals surface area contributed by atoms with Crippen molar-refractivity contribution in [3.8, 4) is 5.88 Å². The number of rotatable bonds is 9. The summed E-state index contributed by atoms with van der Waals surface area (Å²) >= 11 is 0. The Kier molecular flexibility index (Phi) is 7.95. The van der Waals surface area contributed by atoms with E-state index in [2.05, 4.69) is 20.6 Å². The van der Waals surface area contributed by atoms with E-state index in [1.165, 1.54) is 38.5 Å². The molecular weight excluding hydrogens is 352 g/mol. The van der Waals surface area contributed by atoms with Gasteiger partial charge in [0.1, 0.15) is 6.10 Å². The average molecular weight is 389 g/mol. The van der Waals surface area contributed by atoms with Gasteiger partial charge in [0, 0.05) is 46.1 Å². The van der Waals surface area contributed by atoms with Gasteiger partial charge in [0.15, 0.2) is 5.96 Å². The Hall–Kier alpha value is -1.82. The molecule has 2 aliphatic carbocycles. The Morgan fingerprint density at radius 2 is 2.00 bits per heavy atom. The molecule has 0 unspecified atom stereocenters. The maximum absolute atomic E-state index is 6.02. The monoisotopic (exact) mass is 388 g/mol. The van der Waals surface area contributed by atoms with Gasteiger partial charge in [0.05, 0.1) is 0 Å². The number of nitrogens with zero attached hydrogens (tertiary/aromatic N) is 2. The van der Waals surface area contributed by atoms with E-state index in [0.29, 0.717) is 18.1 Å². The van der Waals surface area contributed by atoms with Crippen molar-refractivity contribution >= 4 is 5.96 Å². The van der Waals surface area contributed by atoms with Crippen molar-refractivity contribution in [2.24, 2.45) is 10.4 Å². The lowest BCUT2D eigenvalue weighted by Crippen LogP contribution is -2.43. The van der Waals surface area contributed by atoms with Crippen LogP contribution in [0.1, 0.15) is 63.4 Å². The summed E-state index contributed by atoms with van der Waals surface area (Å²) in [7, 11) is 3.61. The van der Waals surface area contributed by atoms with Crippen molar-refractivity contribution in [2.45, 2.75) is 70.4 Å². The van der Waals surface area contributed by atoms with Crippen LogP contribution in [0, 0.1) is 5.41 Å². The second kappa shape index (κ2) is 10.6. The quantitative estimate of drug-likeness (QED) is 0.499. The molecule has 1 aromatic heterocycles. The summed E-state index contributed by atoms with van der Waals surface area (Å²) in [5.74, 6) is 1.58. The molecule has 2 N–H and O–H groups in total. The number of hydrogen-bond acceptors (Lipinski definition) is 4. The van der Waals surface area contributed by atoms with E-state index >= 15 is 0 Å². The van der Waals surface area contributed by atoms with E-state index in [1.807, 2.05) is 25.4 Å². The third-order valence-corrected chi connectivity index (χ3v) is 6.20. The highest BCUT2D eigenvalue weighted by molar-refractivity contribution is 5.79. The lowest BCUT2D eigenvalue weighted by atomic mass is 9.83. The van der Waals surface area contributed by atoms with E-state index in [4.69, 9.17) is 9.47 Å². The first kappa shape index (κ1) is 20.9. The fourth-order valence-corrected chi connectivity index (χ4v) is 4.44. The third kappa shape index (κ3) is 6.09. The van der Waals surface area contributed by atoms with Crippen LogP contribution in [0.3, 0.4) is 0 Å². The summed E-state index contributed by atoms with van der Waals surface area (Å²) in [5, 5.41) is 6.97. The van der Waals surface area contributed by atoms with Crippen LogP contribution in [0.15, 0.2) is 23.3 Å². The van der Waals surface area contributed by atoms with Gasteiger partial charge in [0.2, 0.25) is 5.88 Å². The Morgan fingerprint density at radius 1 is 1.21 bits per heavy atom. The molecule has 2 aliphatic rings. The number of nitrogens with one attached hydrogen (secondary N) is 2. The fraction of sp³-hybridized carbons (Fsp3) is 0.727. The number of ether oxygens (including phenoxy) is 2. The summed E-state index contributed by atoms with van der Waals surface area (Å²) < 4.78 is 11.4. The molecule has 2 fully saturated rings. The standard InChI is InChI=1S/C22H36N4O2/c1-23-21(26-17-22(12-14-27-2)10-5-6-11-22)25-16-18-9-13-24-20(15-18)28-19-7-3-4-8-19/h9,13,15,19H,3-8,10-12,14,16-17H2,1-2H3,(H2,23,25,26). The first-order chi connectivity index (χ1) is 13.7. The van der Waals surface area contributed by atoms with Gasteiger partial charge in [0.25, 0.3) is 0 Å². The molecule has 0 spiro atoms. The van der Waals surface area contributed by atoms with Crippen LogP contribution in [-0.2, 0) is 11.3 Å². The highest BCUT2D eigenvalue weighted by atomic mass is 16.5. The number of guanidine groups is 1. The largest absolute Gasteiger partial charge is 0.474 e. The van der Waals surface area contributed by atoms with Gasteiger partial charge in [-0.1, -0.05) is 12.8 Å². The number of aromatic nitrogens is 1. The van der Waals surface area contributed by atoms with E-state index in [1.54, 1.807) is 7.11 Å². The van der Waals surface area contributed by atoms with E-state index in [0.717, 1.165) is 49.8 Å². The molecule has 1 aromatic rings. The number of hydrogen-bond donors (Lipinski definition) is 2. The Morgan fingerprint density at radius 3 is 2.71 bits per heavy atom. The van der Waals surface area contributed by atoms with Crippen LogP contribution in [0.25, 0.3) is 0 Å². The minimum atomic E-state index is 0.333. The lowest BCUT2D eigenvalue weighted by molar-refractivity contribution is 0.138. The van der Waals surface area contributed by atoms with E-state index in [-0.39, 0.29) is 0 Å². The van der Waals surface area contributed by atoms with Crippen LogP contribution in [-0.4, -0.2) is 44.4 Å². The maximum atomic E-state index is 6.02. The lowest BCUT2D eigenvalue weighted by Gasteiger charge is -2.30. The van der Waals surface area contributed by atoms with Crippen LogP contribution < -0.4 is 15.4 Å². The fourth-order valence-electron chi connectivity index (χ4n) is 4.44. The van der Waals surface area contributed by atoms with Crippen LogP contribution in [0.5, 0.6) is 5.88 Å². The highest BCUT2D eigenvalue weighted by Crippen LogP contribution is 2.40.